The van der Waals surface area contributed by atoms with E-state index in [0.29, 0.717) is 45.1 Å². The van der Waals surface area contributed by atoms with Crippen LogP contribution in [0.3, 0.4) is 0 Å². The quantitative estimate of drug-likeness (QED) is 0.355. The fourth-order valence-electron chi connectivity index (χ4n) is 3.20. The SMILES string of the molecule is CC(O)CC(CN=C(N)N1CCN(C(=O)OC(C)(C)C)CC1)c1ccccc1.I. The predicted octanol–water partition coefficient (Wildman–Crippen LogP) is 3.03. The molecule has 0 aromatic heterocycles. The van der Waals surface area contributed by atoms with Gasteiger partial charge >= 0.3 is 6.09 Å². The van der Waals surface area contributed by atoms with E-state index < -0.39 is 11.7 Å². The Hall–Kier alpha value is -1.55. The normalized spacial score (nSPS) is 17.3. The number of hydrogen-bond donors (Lipinski definition) is 2. The van der Waals surface area contributed by atoms with Gasteiger partial charge in [0, 0.05) is 38.6 Å². The van der Waals surface area contributed by atoms with E-state index in [-0.39, 0.29) is 36.0 Å². The molecule has 2 atom stereocenters. The molecular weight excluding hydrogens is 483 g/mol. The maximum atomic E-state index is 12.2. The molecule has 1 amide bonds. The Morgan fingerprint density at radius 3 is 2.24 bits per heavy atom. The van der Waals surface area contributed by atoms with Crippen LogP contribution in [0.4, 0.5) is 4.79 Å². The van der Waals surface area contributed by atoms with Crippen molar-refractivity contribution in [2.75, 3.05) is 32.7 Å². The van der Waals surface area contributed by atoms with Gasteiger partial charge < -0.3 is 25.4 Å². The molecular formula is C21H35IN4O3. The standard InChI is InChI=1S/C21H34N4O3.HI/c1-16(26)14-18(17-8-6-5-7-9-17)15-23-19(22)24-10-12-25(13-11-24)20(27)28-21(2,3)4;/h5-9,16,18,26H,10-15H2,1-4H3,(H2,22,23);1H. The number of halogens is 1. The summed E-state index contributed by atoms with van der Waals surface area (Å²) in [7, 11) is 0. The average Bonchev–Trinajstić information content (AvgIpc) is 2.64. The highest BCUT2D eigenvalue weighted by Gasteiger charge is 2.26. The summed E-state index contributed by atoms with van der Waals surface area (Å²) < 4.78 is 5.42. The number of rotatable bonds is 5. The first-order valence-corrected chi connectivity index (χ1v) is 9.91. The van der Waals surface area contributed by atoms with Crippen molar-refractivity contribution in [1.82, 2.24) is 9.80 Å². The molecule has 0 bridgehead atoms. The van der Waals surface area contributed by atoms with Gasteiger partial charge in [-0.2, -0.15) is 0 Å². The van der Waals surface area contributed by atoms with E-state index in [0.717, 1.165) is 5.56 Å². The molecule has 0 radical (unpaired) electrons. The maximum absolute atomic E-state index is 12.2. The molecule has 3 N–H and O–H groups in total. The van der Waals surface area contributed by atoms with Crippen molar-refractivity contribution < 1.29 is 14.6 Å². The molecule has 1 fully saturated rings. The van der Waals surface area contributed by atoms with Gasteiger partial charge in [-0.05, 0) is 39.7 Å². The number of carbonyl (C=O) groups is 1. The van der Waals surface area contributed by atoms with Crippen molar-refractivity contribution in [3.8, 4) is 0 Å². The molecule has 164 valence electrons. The van der Waals surface area contributed by atoms with Gasteiger partial charge in [0.2, 0.25) is 0 Å². The number of aliphatic hydroxyl groups excluding tert-OH is 1. The predicted molar refractivity (Wildman–Crippen MR) is 127 cm³/mol. The smallest absolute Gasteiger partial charge is 0.410 e. The van der Waals surface area contributed by atoms with Crippen LogP contribution in [-0.2, 0) is 4.74 Å². The van der Waals surface area contributed by atoms with Crippen LogP contribution in [0.25, 0.3) is 0 Å². The van der Waals surface area contributed by atoms with E-state index in [4.69, 9.17) is 10.5 Å². The van der Waals surface area contributed by atoms with E-state index in [1.165, 1.54) is 0 Å². The number of guanidine groups is 1. The van der Waals surface area contributed by atoms with Gasteiger partial charge in [-0.3, -0.25) is 4.99 Å². The summed E-state index contributed by atoms with van der Waals surface area (Å²) in [5, 5.41) is 9.82. The van der Waals surface area contributed by atoms with Crippen molar-refractivity contribution in [3.63, 3.8) is 0 Å². The molecule has 1 aliphatic heterocycles. The van der Waals surface area contributed by atoms with E-state index in [1.807, 2.05) is 43.9 Å². The van der Waals surface area contributed by atoms with Crippen LogP contribution >= 0.6 is 24.0 Å². The minimum absolute atomic E-state index is 0. The van der Waals surface area contributed by atoms with Crippen molar-refractivity contribution in [1.29, 1.82) is 0 Å². The molecule has 1 heterocycles. The zero-order valence-corrected chi connectivity index (χ0v) is 20.2. The van der Waals surface area contributed by atoms with Gasteiger partial charge in [-0.15, -0.1) is 24.0 Å². The third-order valence-electron chi connectivity index (χ3n) is 4.63. The van der Waals surface area contributed by atoms with Crippen molar-refractivity contribution >= 4 is 36.0 Å². The fraction of sp³-hybridized carbons (Fsp3) is 0.619. The zero-order valence-electron chi connectivity index (χ0n) is 17.9. The molecule has 1 aromatic rings. The molecule has 1 saturated heterocycles. The Morgan fingerprint density at radius 1 is 1.17 bits per heavy atom. The molecule has 2 unspecified atom stereocenters. The number of benzene rings is 1. The minimum atomic E-state index is -0.495. The van der Waals surface area contributed by atoms with E-state index >= 15 is 0 Å². The lowest BCUT2D eigenvalue weighted by molar-refractivity contribution is 0.0186. The highest BCUT2D eigenvalue weighted by Crippen LogP contribution is 2.22. The summed E-state index contributed by atoms with van der Waals surface area (Å²) in [6.45, 7) is 10.3. The third kappa shape index (κ3) is 8.77. The van der Waals surface area contributed by atoms with Crippen LogP contribution in [0.1, 0.15) is 45.6 Å². The number of nitrogens with zero attached hydrogens (tertiary/aromatic N) is 3. The molecule has 8 heteroatoms. The topological polar surface area (TPSA) is 91.4 Å². The lowest BCUT2D eigenvalue weighted by Gasteiger charge is -2.36. The van der Waals surface area contributed by atoms with Crippen LogP contribution in [0.5, 0.6) is 0 Å². The van der Waals surface area contributed by atoms with E-state index in [1.54, 1.807) is 11.8 Å². The minimum Gasteiger partial charge on any atom is -0.444 e. The first-order valence-electron chi connectivity index (χ1n) is 9.91. The molecule has 0 saturated carbocycles. The monoisotopic (exact) mass is 518 g/mol. The van der Waals surface area contributed by atoms with Gasteiger partial charge in [0.1, 0.15) is 5.60 Å². The summed E-state index contributed by atoms with van der Waals surface area (Å²) in [6.07, 6.45) is -0.0598. The number of hydrogen-bond acceptors (Lipinski definition) is 4. The summed E-state index contributed by atoms with van der Waals surface area (Å²) in [5.41, 5.74) is 6.86. The molecule has 1 aromatic carbocycles. The first kappa shape index (κ1) is 25.5. The lowest BCUT2D eigenvalue weighted by atomic mass is 9.93. The third-order valence-corrected chi connectivity index (χ3v) is 4.63. The first-order chi connectivity index (χ1) is 13.2. The Kier molecular flexibility index (Phi) is 10.2. The molecule has 2 rings (SSSR count). The van der Waals surface area contributed by atoms with E-state index in [2.05, 4.69) is 17.1 Å². The van der Waals surface area contributed by atoms with Crippen LogP contribution in [0.15, 0.2) is 35.3 Å². The number of nitrogens with two attached hydrogens (primary N) is 1. The molecule has 0 spiro atoms. The van der Waals surface area contributed by atoms with Crippen LogP contribution < -0.4 is 5.73 Å². The molecule has 1 aliphatic rings. The number of aliphatic hydroxyl groups is 1. The highest BCUT2D eigenvalue weighted by atomic mass is 127. The average molecular weight is 518 g/mol. The number of aliphatic imine (C=N–C) groups is 1. The highest BCUT2D eigenvalue weighted by molar-refractivity contribution is 14.0. The lowest BCUT2D eigenvalue weighted by Crippen LogP contribution is -2.53. The molecule has 29 heavy (non-hydrogen) atoms. The van der Waals surface area contributed by atoms with Crippen molar-refractivity contribution in [2.24, 2.45) is 10.7 Å². The summed E-state index contributed by atoms with van der Waals surface area (Å²) in [5.74, 6) is 0.596. The number of amides is 1. The van der Waals surface area contributed by atoms with Crippen LogP contribution in [0, 0.1) is 0 Å². The second-order valence-electron chi connectivity index (χ2n) is 8.35. The van der Waals surface area contributed by atoms with Crippen LogP contribution in [0.2, 0.25) is 0 Å². The zero-order chi connectivity index (χ0) is 20.7. The number of ether oxygens (including phenoxy) is 1. The fourth-order valence-corrected chi connectivity index (χ4v) is 3.20. The molecule has 0 aliphatic carbocycles. The van der Waals surface area contributed by atoms with Gasteiger partial charge in [0.25, 0.3) is 0 Å². The summed E-state index contributed by atoms with van der Waals surface area (Å²) in [6, 6.07) is 10.1. The van der Waals surface area contributed by atoms with Gasteiger partial charge in [-0.1, -0.05) is 30.3 Å². The second kappa shape index (κ2) is 11.6. The van der Waals surface area contributed by atoms with Crippen molar-refractivity contribution in [3.05, 3.63) is 35.9 Å². The molecule has 7 nitrogen and oxygen atoms in total. The maximum Gasteiger partial charge on any atom is 0.410 e. The largest absolute Gasteiger partial charge is 0.444 e. The van der Waals surface area contributed by atoms with Gasteiger partial charge in [-0.25, -0.2) is 4.79 Å². The van der Waals surface area contributed by atoms with Gasteiger partial charge in [0.05, 0.1) is 6.10 Å². The van der Waals surface area contributed by atoms with Gasteiger partial charge in [0.15, 0.2) is 5.96 Å². The Balaban J connectivity index is 0.00000420. The summed E-state index contributed by atoms with van der Waals surface area (Å²) in [4.78, 5) is 20.4. The number of carbonyl (C=O) groups excluding carboxylic acids is 1. The summed E-state index contributed by atoms with van der Waals surface area (Å²) >= 11 is 0. The van der Waals surface area contributed by atoms with Crippen LogP contribution in [-0.4, -0.2) is 71.4 Å². The number of piperazine rings is 1. The van der Waals surface area contributed by atoms with E-state index in [9.17, 15) is 9.90 Å². The van der Waals surface area contributed by atoms with Crippen molar-refractivity contribution in [2.45, 2.75) is 51.7 Å². The Bertz CT molecular complexity index is 654. The second-order valence-corrected chi connectivity index (χ2v) is 8.35. The Labute approximate surface area is 191 Å². The Morgan fingerprint density at radius 2 is 1.72 bits per heavy atom.